The van der Waals surface area contributed by atoms with Crippen LogP contribution < -0.4 is 0 Å². The molecule has 110 valence electrons. The average molecular weight is 270 g/mol. The number of nitrogens with zero attached hydrogens (tertiary/aromatic N) is 2. The Morgan fingerprint density at radius 3 is 2.21 bits per heavy atom. The largest absolute Gasteiger partial charge is 0.444 e. The Kier molecular flexibility index (Phi) is 4.82. The van der Waals surface area contributed by atoms with E-state index in [1.54, 1.807) is 4.90 Å². The first kappa shape index (κ1) is 15.8. The lowest BCUT2D eigenvalue weighted by molar-refractivity contribution is -0.137. The van der Waals surface area contributed by atoms with Crippen molar-refractivity contribution in [1.29, 1.82) is 0 Å². The Hall–Kier alpha value is -1.26. The van der Waals surface area contributed by atoms with E-state index in [2.05, 4.69) is 0 Å². The molecule has 1 heterocycles. The molecular weight excluding hydrogens is 244 g/mol. The highest BCUT2D eigenvalue weighted by Crippen LogP contribution is 2.16. The molecule has 0 N–H and O–H groups in total. The molecule has 0 aromatic carbocycles. The molecule has 19 heavy (non-hydrogen) atoms. The Labute approximate surface area is 115 Å². The number of piperazine rings is 1. The molecule has 0 aromatic heterocycles. The molecule has 1 aliphatic heterocycles. The van der Waals surface area contributed by atoms with Crippen molar-refractivity contribution < 1.29 is 14.3 Å². The second kappa shape index (κ2) is 5.80. The first-order valence-corrected chi connectivity index (χ1v) is 6.90. The van der Waals surface area contributed by atoms with Gasteiger partial charge in [0, 0.05) is 31.6 Å². The molecule has 0 spiro atoms. The van der Waals surface area contributed by atoms with Gasteiger partial charge in [-0.25, -0.2) is 4.79 Å². The van der Waals surface area contributed by atoms with Crippen molar-refractivity contribution in [2.24, 2.45) is 5.92 Å². The van der Waals surface area contributed by atoms with Crippen LogP contribution >= 0.6 is 0 Å². The molecule has 2 amide bonds. The van der Waals surface area contributed by atoms with E-state index in [1.165, 1.54) is 0 Å². The fraction of sp³-hybridized carbons (Fsp3) is 0.857. The van der Waals surface area contributed by atoms with Crippen LogP contribution in [0.3, 0.4) is 0 Å². The summed E-state index contributed by atoms with van der Waals surface area (Å²) in [5.41, 5.74) is -0.484. The normalized spacial score (nSPS) is 20.7. The average Bonchev–Trinajstić information content (AvgIpc) is 2.25. The van der Waals surface area contributed by atoms with Crippen molar-refractivity contribution in [3.63, 3.8) is 0 Å². The topological polar surface area (TPSA) is 49.9 Å². The van der Waals surface area contributed by atoms with Gasteiger partial charge in [-0.3, -0.25) is 4.79 Å². The number of carbonyl (C=O) groups is 2. The summed E-state index contributed by atoms with van der Waals surface area (Å²) < 4.78 is 5.37. The van der Waals surface area contributed by atoms with E-state index in [4.69, 9.17) is 4.74 Å². The minimum atomic E-state index is -0.484. The molecule has 0 unspecified atom stereocenters. The summed E-state index contributed by atoms with van der Waals surface area (Å²) in [7, 11) is 0. The summed E-state index contributed by atoms with van der Waals surface area (Å²) in [6, 6.07) is -0.00806. The predicted octanol–water partition coefficient (Wildman–Crippen LogP) is 2.11. The number of ether oxygens (including phenoxy) is 1. The maximum absolute atomic E-state index is 12.0. The molecule has 0 aliphatic carbocycles. The molecular formula is C14H26N2O3. The second-order valence-corrected chi connectivity index (χ2v) is 6.46. The van der Waals surface area contributed by atoms with E-state index in [9.17, 15) is 9.59 Å². The van der Waals surface area contributed by atoms with Gasteiger partial charge in [0.2, 0.25) is 5.91 Å². The van der Waals surface area contributed by atoms with Crippen molar-refractivity contribution in [3.05, 3.63) is 0 Å². The van der Waals surface area contributed by atoms with Crippen LogP contribution in [-0.4, -0.2) is 53.1 Å². The molecule has 0 aromatic rings. The zero-order valence-electron chi connectivity index (χ0n) is 12.9. The summed E-state index contributed by atoms with van der Waals surface area (Å²) in [6.07, 6.45) is -0.295. The zero-order chi connectivity index (χ0) is 14.8. The van der Waals surface area contributed by atoms with E-state index in [0.717, 1.165) is 0 Å². The van der Waals surface area contributed by atoms with Gasteiger partial charge in [-0.15, -0.1) is 0 Å². The van der Waals surface area contributed by atoms with Crippen LogP contribution in [0.5, 0.6) is 0 Å². The van der Waals surface area contributed by atoms with Crippen molar-refractivity contribution in [1.82, 2.24) is 9.80 Å². The highest BCUT2D eigenvalue weighted by molar-refractivity contribution is 5.78. The van der Waals surface area contributed by atoms with Crippen LogP contribution in [0.15, 0.2) is 0 Å². The van der Waals surface area contributed by atoms with Crippen molar-refractivity contribution >= 4 is 12.0 Å². The lowest BCUT2D eigenvalue weighted by atomic mass is 10.1. The Balaban J connectivity index is 2.60. The highest BCUT2D eigenvalue weighted by Gasteiger charge is 2.32. The summed E-state index contributed by atoms with van der Waals surface area (Å²) in [5, 5.41) is 0. The van der Waals surface area contributed by atoms with Gasteiger partial charge >= 0.3 is 6.09 Å². The SMILES string of the molecule is CC(C)C(=O)N1CCN(C(=O)OC(C)(C)C)[C@@H](C)C1. The van der Waals surface area contributed by atoms with Gasteiger partial charge < -0.3 is 14.5 Å². The number of carbonyl (C=O) groups excluding carboxylic acids is 2. The standard InChI is InChI=1S/C14H26N2O3/c1-10(2)12(17)15-7-8-16(11(3)9-15)13(18)19-14(4,5)6/h10-11H,7-9H2,1-6H3/t11-/m0/s1. The van der Waals surface area contributed by atoms with Crippen molar-refractivity contribution in [2.45, 2.75) is 53.2 Å². The number of rotatable bonds is 1. The van der Waals surface area contributed by atoms with E-state index in [-0.39, 0.29) is 24.0 Å². The minimum Gasteiger partial charge on any atom is -0.444 e. The molecule has 0 radical (unpaired) electrons. The van der Waals surface area contributed by atoms with E-state index < -0.39 is 5.60 Å². The summed E-state index contributed by atoms with van der Waals surface area (Å²) in [4.78, 5) is 27.5. The Morgan fingerprint density at radius 1 is 1.21 bits per heavy atom. The maximum Gasteiger partial charge on any atom is 0.410 e. The third-order valence-electron chi connectivity index (χ3n) is 3.06. The van der Waals surface area contributed by atoms with Crippen molar-refractivity contribution in [2.75, 3.05) is 19.6 Å². The molecule has 1 atom stereocenters. The second-order valence-electron chi connectivity index (χ2n) is 6.46. The summed E-state index contributed by atoms with van der Waals surface area (Å²) in [5.74, 6) is 0.149. The van der Waals surface area contributed by atoms with E-state index >= 15 is 0 Å². The van der Waals surface area contributed by atoms with E-state index in [0.29, 0.717) is 19.6 Å². The van der Waals surface area contributed by atoms with Crippen LogP contribution in [0.25, 0.3) is 0 Å². The lowest BCUT2D eigenvalue weighted by Crippen LogP contribution is -2.56. The molecule has 1 fully saturated rings. The van der Waals surface area contributed by atoms with Crippen LogP contribution in [0, 0.1) is 5.92 Å². The zero-order valence-corrected chi connectivity index (χ0v) is 12.9. The van der Waals surface area contributed by atoms with Crippen LogP contribution in [0.1, 0.15) is 41.5 Å². The predicted molar refractivity (Wildman–Crippen MR) is 73.8 cm³/mol. The number of amides is 2. The van der Waals surface area contributed by atoms with Gasteiger partial charge in [-0.05, 0) is 27.7 Å². The summed E-state index contributed by atoms with van der Waals surface area (Å²) in [6.45, 7) is 13.0. The molecule has 5 heteroatoms. The third kappa shape index (κ3) is 4.40. The third-order valence-corrected chi connectivity index (χ3v) is 3.06. The highest BCUT2D eigenvalue weighted by atomic mass is 16.6. The quantitative estimate of drug-likeness (QED) is 0.733. The number of hydrogen-bond acceptors (Lipinski definition) is 3. The molecule has 1 rings (SSSR count). The first-order valence-electron chi connectivity index (χ1n) is 6.90. The monoisotopic (exact) mass is 270 g/mol. The van der Waals surface area contributed by atoms with Gasteiger partial charge in [0.25, 0.3) is 0 Å². The Morgan fingerprint density at radius 2 is 1.79 bits per heavy atom. The molecule has 5 nitrogen and oxygen atoms in total. The summed E-state index contributed by atoms with van der Waals surface area (Å²) >= 11 is 0. The molecule has 0 saturated carbocycles. The number of hydrogen-bond donors (Lipinski definition) is 0. The van der Waals surface area contributed by atoms with E-state index in [1.807, 2.05) is 46.4 Å². The first-order chi connectivity index (χ1) is 8.61. The Bertz CT molecular complexity index is 347. The van der Waals surface area contributed by atoms with Gasteiger partial charge in [-0.2, -0.15) is 0 Å². The van der Waals surface area contributed by atoms with Gasteiger partial charge in [-0.1, -0.05) is 13.8 Å². The van der Waals surface area contributed by atoms with Crippen LogP contribution in [0.2, 0.25) is 0 Å². The van der Waals surface area contributed by atoms with Gasteiger partial charge in [0.05, 0.1) is 0 Å². The van der Waals surface area contributed by atoms with Crippen LogP contribution in [-0.2, 0) is 9.53 Å². The smallest absolute Gasteiger partial charge is 0.410 e. The maximum atomic E-state index is 12.0. The van der Waals surface area contributed by atoms with Gasteiger partial charge in [0.15, 0.2) is 0 Å². The lowest BCUT2D eigenvalue weighted by Gasteiger charge is -2.40. The fourth-order valence-electron chi connectivity index (χ4n) is 2.11. The fourth-order valence-corrected chi connectivity index (χ4v) is 2.11. The molecule has 1 saturated heterocycles. The van der Waals surface area contributed by atoms with Gasteiger partial charge in [0.1, 0.15) is 5.60 Å². The minimum absolute atomic E-state index is 0.000256. The van der Waals surface area contributed by atoms with Crippen molar-refractivity contribution in [3.8, 4) is 0 Å². The molecule has 1 aliphatic rings. The molecule has 0 bridgehead atoms. The van der Waals surface area contributed by atoms with Crippen LogP contribution in [0.4, 0.5) is 4.79 Å².